The first-order valence-electron chi connectivity index (χ1n) is 10.5. The second-order valence-corrected chi connectivity index (χ2v) is 7.92. The number of aryl methyl sites for hydroxylation is 1. The van der Waals surface area contributed by atoms with E-state index in [2.05, 4.69) is 79.0 Å². The highest BCUT2D eigenvalue weighted by molar-refractivity contribution is 5.99. The molecule has 28 heavy (non-hydrogen) atoms. The van der Waals surface area contributed by atoms with Crippen molar-refractivity contribution < 1.29 is 0 Å². The summed E-state index contributed by atoms with van der Waals surface area (Å²) in [6.45, 7) is 2.27. The van der Waals surface area contributed by atoms with Gasteiger partial charge in [0, 0.05) is 17.0 Å². The largest absolute Gasteiger partial charge is 0.380 e. The Hall–Kier alpha value is -2.87. The SMILES string of the molecule is CCCCC1CCc2ccc3ccc(-c4cccc5ccccc45)nc3c2N1. The summed E-state index contributed by atoms with van der Waals surface area (Å²) in [5.74, 6) is 0. The van der Waals surface area contributed by atoms with Crippen molar-refractivity contribution in [1.82, 2.24) is 4.98 Å². The van der Waals surface area contributed by atoms with Crippen molar-refractivity contribution in [3.05, 3.63) is 72.3 Å². The molecule has 1 unspecified atom stereocenters. The molecule has 1 aliphatic heterocycles. The van der Waals surface area contributed by atoms with Crippen LogP contribution < -0.4 is 5.32 Å². The van der Waals surface area contributed by atoms with Gasteiger partial charge in [-0.2, -0.15) is 0 Å². The van der Waals surface area contributed by atoms with E-state index >= 15 is 0 Å². The number of unbranched alkanes of at least 4 members (excludes halogenated alkanes) is 1. The predicted octanol–water partition coefficient (Wildman–Crippen LogP) is 6.97. The Morgan fingerprint density at radius 2 is 1.79 bits per heavy atom. The molecule has 0 amide bonds. The maximum absolute atomic E-state index is 5.16. The van der Waals surface area contributed by atoms with E-state index in [9.17, 15) is 0 Å². The van der Waals surface area contributed by atoms with E-state index in [4.69, 9.17) is 4.98 Å². The summed E-state index contributed by atoms with van der Waals surface area (Å²) in [5, 5.41) is 7.56. The minimum atomic E-state index is 0.570. The average molecular weight is 367 g/mol. The third-order valence-electron chi connectivity index (χ3n) is 6.03. The maximum Gasteiger partial charge on any atom is 0.0943 e. The molecule has 2 heterocycles. The topological polar surface area (TPSA) is 24.9 Å². The van der Waals surface area contributed by atoms with Gasteiger partial charge in [0.15, 0.2) is 0 Å². The van der Waals surface area contributed by atoms with Crippen LogP contribution in [0.2, 0.25) is 0 Å². The molecule has 1 N–H and O–H groups in total. The van der Waals surface area contributed by atoms with E-state index in [1.54, 1.807) is 0 Å². The van der Waals surface area contributed by atoms with Crippen molar-refractivity contribution in [3.63, 3.8) is 0 Å². The molecule has 1 aromatic heterocycles. The maximum atomic E-state index is 5.16. The van der Waals surface area contributed by atoms with Crippen molar-refractivity contribution in [2.24, 2.45) is 0 Å². The van der Waals surface area contributed by atoms with Gasteiger partial charge in [0.2, 0.25) is 0 Å². The lowest BCUT2D eigenvalue weighted by Gasteiger charge is -2.28. The van der Waals surface area contributed by atoms with Gasteiger partial charge in [0.1, 0.15) is 0 Å². The van der Waals surface area contributed by atoms with Gasteiger partial charge in [-0.25, -0.2) is 4.98 Å². The second-order valence-electron chi connectivity index (χ2n) is 7.92. The van der Waals surface area contributed by atoms with Gasteiger partial charge in [-0.05, 0) is 41.7 Å². The number of fused-ring (bicyclic) bond motifs is 4. The summed E-state index contributed by atoms with van der Waals surface area (Å²) in [4.78, 5) is 5.16. The predicted molar refractivity (Wildman–Crippen MR) is 120 cm³/mol. The zero-order valence-corrected chi connectivity index (χ0v) is 16.4. The van der Waals surface area contributed by atoms with E-state index < -0.39 is 0 Å². The molecule has 4 aromatic rings. The van der Waals surface area contributed by atoms with E-state index in [-0.39, 0.29) is 0 Å². The molecule has 1 aliphatic rings. The fraction of sp³-hybridized carbons (Fsp3) is 0.269. The zero-order valence-electron chi connectivity index (χ0n) is 16.4. The number of aromatic nitrogens is 1. The minimum absolute atomic E-state index is 0.570. The van der Waals surface area contributed by atoms with E-state index in [1.807, 2.05) is 0 Å². The van der Waals surface area contributed by atoms with Gasteiger partial charge in [-0.1, -0.05) is 80.4 Å². The highest BCUT2D eigenvalue weighted by atomic mass is 14.9. The van der Waals surface area contributed by atoms with Crippen LogP contribution in [0, 0.1) is 0 Å². The summed E-state index contributed by atoms with van der Waals surface area (Å²) < 4.78 is 0. The van der Waals surface area contributed by atoms with Crippen molar-refractivity contribution in [1.29, 1.82) is 0 Å². The van der Waals surface area contributed by atoms with Crippen molar-refractivity contribution >= 4 is 27.4 Å². The van der Waals surface area contributed by atoms with Crippen LogP contribution in [-0.2, 0) is 6.42 Å². The van der Waals surface area contributed by atoms with Gasteiger partial charge in [-0.3, -0.25) is 0 Å². The van der Waals surface area contributed by atoms with Gasteiger partial charge in [-0.15, -0.1) is 0 Å². The lowest BCUT2D eigenvalue weighted by Crippen LogP contribution is -2.25. The van der Waals surface area contributed by atoms with Crippen LogP contribution in [0.3, 0.4) is 0 Å². The van der Waals surface area contributed by atoms with Crippen LogP contribution in [0.15, 0.2) is 66.7 Å². The number of hydrogen-bond acceptors (Lipinski definition) is 2. The fourth-order valence-corrected chi connectivity index (χ4v) is 4.47. The molecule has 0 spiro atoms. The Labute approximate surface area is 166 Å². The number of nitrogens with zero attached hydrogens (tertiary/aromatic N) is 1. The molecule has 2 heteroatoms. The Bertz CT molecular complexity index is 1140. The molecule has 3 aromatic carbocycles. The van der Waals surface area contributed by atoms with Crippen LogP contribution in [-0.4, -0.2) is 11.0 Å². The van der Waals surface area contributed by atoms with Crippen LogP contribution in [0.5, 0.6) is 0 Å². The standard InChI is InChI=1S/C26H26N2/c1-2-3-9-21-16-14-19-12-13-20-15-17-24(28-26(20)25(19)27-21)23-11-6-8-18-7-4-5-10-22(18)23/h4-8,10-13,15,17,21,27H,2-3,9,14,16H2,1H3. The Kier molecular flexibility index (Phi) is 4.48. The number of anilines is 1. The quantitative estimate of drug-likeness (QED) is 0.422. The van der Waals surface area contributed by atoms with Gasteiger partial charge >= 0.3 is 0 Å². The molecule has 2 nitrogen and oxygen atoms in total. The third-order valence-corrected chi connectivity index (χ3v) is 6.03. The van der Waals surface area contributed by atoms with Crippen molar-refractivity contribution in [2.45, 2.75) is 45.1 Å². The summed E-state index contributed by atoms with van der Waals surface area (Å²) in [5.41, 5.74) is 6.03. The monoisotopic (exact) mass is 366 g/mol. The van der Waals surface area contributed by atoms with Crippen LogP contribution in [0.1, 0.15) is 38.2 Å². The zero-order chi connectivity index (χ0) is 18.9. The summed E-state index contributed by atoms with van der Waals surface area (Å²) in [6.07, 6.45) is 6.15. The molecular formula is C26H26N2. The first-order chi connectivity index (χ1) is 13.8. The summed E-state index contributed by atoms with van der Waals surface area (Å²) in [7, 11) is 0. The third kappa shape index (κ3) is 3.03. The first-order valence-corrected chi connectivity index (χ1v) is 10.5. The van der Waals surface area contributed by atoms with Crippen LogP contribution >= 0.6 is 0 Å². The second kappa shape index (κ2) is 7.27. The van der Waals surface area contributed by atoms with Crippen LogP contribution in [0.4, 0.5) is 5.69 Å². The molecule has 0 bridgehead atoms. The van der Waals surface area contributed by atoms with Crippen molar-refractivity contribution in [3.8, 4) is 11.3 Å². The van der Waals surface area contributed by atoms with Crippen molar-refractivity contribution in [2.75, 3.05) is 5.32 Å². The Balaban J connectivity index is 1.63. The summed E-state index contributed by atoms with van der Waals surface area (Å²) in [6, 6.07) is 24.5. The molecule has 5 rings (SSSR count). The molecule has 0 radical (unpaired) electrons. The smallest absolute Gasteiger partial charge is 0.0943 e. The number of nitrogens with one attached hydrogen (secondary N) is 1. The number of benzene rings is 3. The first kappa shape index (κ1) is 17.2. The highest BCUT2D eigenvalue weighted by Crippen LogP contribution is 2.35. The van der Waals surface area contributed by atoms with Gasteiger partial charge < -0.3 is 5.32 Å². The Morgan fingerprint density at radius 3 is 2.71 bits per heavy atom. The lowest BCUT2D eigenvalue weighted by atomic mass is 9.93. The number of hydrogen-bond donors (Lipinski definition) is 1. The molecule has 1 atom stereocenters. The minimum Gasteiger partial charge on any atom is -0.380 e. The molecule has 0 saturated heterocycles. The highest BCUT2D eigenvalue weighted by Gasteiger charge is 2.20. The molecule has 0 aliphatic carbocycles. The Morgan fingerprint density at radius 1 is 0.929 bits per heavy atom. The molecule has 140 valence electrons. The van der Waals surface area contributed by atoms with E-state index in [1.165, 1.54) is 58.7 Å². The molecule has 0 fully saturated rings. The van der Waals surface area contributed by atoms with Gasteiger partial charge in [0.05, 0.1) is 16.9 Å². The summed E-state index contributed by atoms with van der Waals surface area (Å²) >= 11 is 0. The lowest BCUT2D eigenvalue weighted by molar-refractivity contribution is 0.558. The van der Waals surface area contributed by atoms with Crippen LogP contribution in [0.25, 0.3) is 32.9 Å². The fourth-order valence-electron chi connectivity index (χ4n) is 4.47. The number of pyridine rings is 1. The van der Waals surface area contributed by atoms with E-state index in [0.29, 0.717) is 6.04 Å². The molecular weight excluding hydrogens is 340 g/mol. The molecule has 0 saturated carbocycles. The van der Waals surface area contributed by atoms with Gasteiger partial charge in [0.25, 0.3) is 0 Å². The average Bonchev–Trinajstić information content (AvgIpc) is 2.76. The van der Waals surface area contributed by atoms with E-state index in [0.717, 1.165) is 17.6 Å². The normalized spacial score (nSPS) is 16.1. The number of rotatable bonds is 4.